The Morgan fingerprint density at radius 2 is 1.70 bits per heavy atom. The van der Waals surface area contributed by atoms with E-state index >= 15 is 0 Å². The lowest BCUT2D eigenvalue weighted by Crippen LogP contribution is -2.36. The first-order valence-electron chi connectivity index (χ1n) is 11.4. The Kier molecular flexibility index (Phi) is 13.2. The molecule has 2 rings (SSSR count). The fraction of sp³-hybridized carbons (Fsp3) is 0.905. The lowest BCUT2D eigenvalue weighted by Gasteiger charge is -2.16. The van der Waals surface area contributed by atoms with Gasteiger partial charge in [0.25, 0.3) is 0 Å². The minimum atomic E-state index is -0.0430. The van der Waals surface area contributed by atoms with Gasteiger partial charge in [-0.25, -0.2) is 4.79 Å². The zero-order chi connectivity index (χ0) is 21.4. The standard InChI is InChI=1S/C21H39N3O5S/c1-2-3-10-27-12-14-29-15-13-28-11-6-9-22-19(25)8-5-4-7-18-20-17(16-30-18)23-21(26)24-20/h17-18,20H,2-16H2,1H3,(H,22,25)(H2,23,24,26)/t17-,18-,20-/m0/s1. The second kappa shape index (κ2) is 15.7. The molecule has 0 aliphatic carbocycles. The molecule has 0 unspecified atom stereocenters. The lowest BCUT2D eigenvalue weighted by atomic mass is 10.0. The number of amides is 3. The van der Waals surface area contributed by atoms with Gasteiger partial charge in [-0.1, -0.05) is 19.8 Å². The fourth-order valence-electron chi connectivity index (χ4n) is 3.55. The summed E-state index contributed by atoms with van der Waals surface area (Å²) in [5, 5.41) is 9.38. The van der Waals surface area contributed by atoms with E-state index in [1.54, 1.807) is 0 Å². The van der Waals surface area contributed by atoms with E-state index in [9.17, 15) is 9.59 Å². The van der Waals surface area contributed by atoms with Crippen LogP contribution in [0.15, 0.2) is 0 Å². The van der Waals surface area contributed by atoms with Gasteiger partial charge in [-0.3, -0.25) is 4.79 Å². The molecule has 2 aliphatic rings. The van der Waals surface area contributed by atoms with Crippen molar-refractivity contribution >= 4 is 23.7 Å². The van der Waals surface area contributed by atoms with Crippen molar-refractivity contribution in [2.45, 2.75) is 69.2 Å². The number of rotatable bonds is 18. The molecule has 0 aromatic carbocycles. The highest BCUT2D eigenvalue weighted by molar-refractivity contribution is 8.00. The molecule has 2 aliphatic heterocycles. The Bertz CT molecular complexity index is 497. The maximum absolute atomic E-state index is 11.9. The van der Waals surface area contributed by atoms with Crippen molar-refractivity contribution in [3.8, 4) is 0 Å². The van der Waals surface area contributed by atoms with E-state index < -0.39 is 0 Å². The van der Waals surface area contributed by atoms with E-state index in [2.05, 4.69) is 22.9 Å². The number of hydrogen-bond donors (Lipinski definition) is 3. The van der Waals surface area contributed by atoms with Crippen molar-refractivity contribution < 1.29 is 23.8 Å². The normalized spacial score (nSPS) is 22.6. The maximum atomic E-state index is 11.9. The molecular weight excluding hydrogens is 406 g/mol. The van der Waals surface area contributed by atoms with Gasteiger partial charge in [0.15, 0.2) is 0 Å². The highest BCUT2D eigenvalue weighted by atomic mass is 32.2. The molecule has 2 fully saturated rings. The van der Waals surface area contributed by atoms with Gasteiger partial charge in [0.2, 0.25) is 5.91 Å². The number of hydrogen-bond acceptors (Lipinski definition) is 6. The SMILES string of the molecule is CCCCOCCOCCOCCCNC(=O)CCCC[C@@H]1SC[C@@H]2NC(=O)N[C@@H]21. The molecule has 0 radical (unpaired) electrons. The number of carbonyl (C=O) groups excluding carboxylic acids is 2. The molecule has 0 spiro atoms. The molecular formula is C21H39N3O5S. The molecule has 0 aromatic rings. The molecule has 2 heterocycles. The highest BCUT2D eigenvalue weighted by Gasteiger charge is 2.42. The van der Waals surface area contributed by atoms with Crippen LogP contribution in [0, 0.1) is 0 Å². The van der Waals surface area contributed by atoms with Gasteiger partial charge in [0, 0.05) is 37.2 Å². The second-order valence-electron chi connectivity index (χ2n) is 7.76. The Balaban J connectivity index is 1.31. The summed E-state index contributed by atoms with van der Waals surface area (Å²) in [6, 6.07) is 0.480. The number of nitrogens with one attached hydrogen (secondary N) is 3. The van der Waals surface area contributed by atoms with Crippen LogP contribution in [-0.4, -0.2) is 81.2 Å². The summed E-state index contributed by atoms with van der Waals surface area (Å²) in [4.78, 5) is 23.3. The van der Waals surface area contributed by atoms with Crippen molar-refractivity contribution in [3.63, 3.8) is 0 Å². The van der Waals surface area contributed by atoms with Crippen LogP contribution in [-0.2, 0) is 19.0 Å². The zero-order valence-electron chi connectivity index (χ0n) is 18.3. The van der Waals surface area contributed by atoms with Crippen LogP contribution in [0.1, 0.15) is 51.9 Å². The smallest absolute Gasteiger partial charge is 0.315 e. The quantitative estimate of drug-likeness (QED) is 0.221. The van der Waals surface area contributed by atoms with Crippen molar-refractivity contribution in [2.75, 3.05) is 51.9 Å². The van der Waals surface area contributed by atoms with Crippen LogP contribution in [0.3, 0.4) is 0 Å². The summed E-state index contributed by atoms with van der Waals surface area (Å²) < 4.78 is 16.3. The van der Waals surface area contributed by atoms with Gasteiger partial charge in [0.1, 0.15) is 0 Å². The number of fused-ring (bicyclic) bond motifs is 1. The third kappa shape index (κ3) is 10.3. The molecule has 3 atom stereocenters. The molecule has 9 heteroatoms. The number of carbonyl (C=O) groups is 2. The van der Waals surface area contributed by atoms with E-state index in [4.69, 9.17) is 14.2 Å². The van der Waals surface area contributed by atoms with Gasteiger partial charge in [-0.2, -0.15) is 11.8 Å². The molecule has 0 saturated carbocycles. The summed E-state index contributed by atoms with van der Waals surface area (Å²) in [5.41, 5.74) is 0. The minimum absolute atomic E-state index is 0.0430. The van der Waals surface area contributed by atoms with Crippen LogP contribution in [0.5, 0.6) is 0 Å². The summed E-state index contributed by atoms with van der Waals surface area (Å²) in [6.45, 7) is 6.60. The van der Waals surface area contributed by atoms with Gasteiger partial charge in [-0.05, 0) is 25.7 Å². The largest absolute Gasteiger partial charge is 0.379 e. The first kappa shape index (κ1) is 25.2. The minimum Gasteiger partial charge on any atom is -0.379 e. The van der Waals surface area contributed by atoms with Crippen molar-refractivity contribution in [1.29, 1.82) is 0 Å². The first-order valence-corrected chi connectivity index (χ1v) is 12.4. The van der Waals surface area contributed by atoms with E-state index in [1.165, 1.54) is 0 Å². The van der Waals surface area contributed by atoms with Crippen molar-refractivity contribution in [2.24, 2.45) is 0 Å². The third-order valence-electron chi connectivity index (χ3n) is 5.25. The number of thioether (sulfide) groups is 1. The average molecular weight is 446 g/mol. The number of urea groups is 1. The Morgan fingerprint density at radius 1 is 1.00 bits per heavy atom. The average Bonchev–Trinajstić information content (AvgIpc) is 3.28. The first-order chi connectivity index (χ1) is 14.7. The van der Waals surface area contributed by atoms with E-state index in [0.717, 1.165) is 50.9 Å². The van der Waals surface area contributed by atoms with Crippen molar-refractivity contribution in [3.05, 3.63) is 0 Å². The topological polar surface area (TPSA) is 97.9 Å². The van der Waals surface area contributed by atoms with Gasteiger partial charge < -0.3 is 30.2 Å². The van der Waals surface area contributed by atoms with Crippen molar-refractivity contribution in [1.82, 2.24) is 16.0 Å². The molecule has 0 aromatic heterocycles. The van der Waals surface area contributed by atoms with Crippen LogP contribution in [0.4, 0.5) is 4.79 Å². The molecule has 8 nitrogen and oxygen atoms in total. The Morgan fingerprint density at radius 3 is 2.43 bits per heavy atom. The van der Waals surface area contributed by atoms with Crippen LogP contribution in [0.25, 0.3) is 0 Å². The van der Waals surface area contributed by atoms with E-state index in [-0.39, 0.29) is 24.0 Å². The summed E-state index contributed by atoms with van der Waals surface area (Å²) in [6.07, 6.45) is 6.55. The molecule has 3 N–H and O–H groups in total. The second-order valence-corrected chi connectivity index (χ2v) is 9.03. The fourth-order valence-corrected chi connectivity index (χ4v) is 5.10. The molecule has 0 bridgehead atoms. The highest BCUT2D eigenvalue weighted by Crippen LogP contribution is 2.33. The lowest BCUT2D eigenvalue weighted by molar-refractivity contribution is -0.121. The predicted octanol–water partition coefficient (Wildman–Crippen LogP) is 2.07. The van der Waals surface area contributed by atoms with Crippen LogP contribution in [0.2, 0.25) is 0 Å². The van der Waals surface area contributed by atoms with E-state index in [0.29, 0.717) is 51.2 Å². The molecule has 174 valence electrons. The van der Waals surface area contributed by atoms with Crippen LogP contribution >= 0.6 is 11.8 Å². The van der Waals surface area contributed by atoms with Gasteiger partial charge in [-0.15, -0.1) is 0 Å². The Labute approximate surface area is 184 Å². The monoisotopic (exact) mass is 445 g/mol. The molecule has 3 amide bonds. The number of unbranched alkanes of at least 4 members (excludes halogenated alkanes) is 2. The Hall–Kier alpha value is -1.03. The predicted molar refractivity (Wildman–Crippen MR) is 119 cm³/mol. The molecule has 2 saturated heterocycles. The summed E-state index contributed by atoms with van der Waals surface area (Å²) >= 11 is 1.92. The summed E-state index contributed by atoms with van der Waals surface area (Å²) in [5.74, 6) is 1.09. The van der Waals surface area contributed by atoms with E-state index in [1.807, 2.05) is 11.8 Å². The maximum Gasteiger partial charge on any atom is 0.315 e. The zero-order valence-corrected chi connectivity index (χ0v) is 19.1. The molecule has 30 heavy (non-hydrogen) atoms. The van der Waals surface area contributed by atoms with Crippen LogP contribution < -0.4 is 16.0 Å². The van der Waals surface area contributed by atoms with Gasteiger partial charge in [0.05, 0.1) is 38.5 Å². The third-order valence-corrected chi connectivity index (χ3v) is 6.76. The number of ether oxygens (including phenoxy) is 3. The van der Waals surface area contributed by atoms with Gasteiger partial charge >= 0.3 is 6.03 Å². The summed E-state index contributed by atoms with van der Waals surface area (Å²) in [7, 11) is 0.